The predicted octanol–water partition coefficient (Wildman–Crippen LogP) is 6.45. The molecule has 1 atom stereocenters. The van der Waals surface area contributed by atoms with E-state index in [1.807, 2.05) is 36.4 Å². The van der Waals surface area contributed by atoms with Gasteiger partial charge in [0, 0.05) is 27.5 Å². The number of hydrogen-bond donors (Lipinski definition) is 1. The molecule has 7 heteroatoms. The van der Waals surface area contributed by atoms with E-state index < -0.39 is 0 Å². The predicted molar refractivity (Wildman–Crippen MR) is 127 cm³/mol. The summed E-state index contributed by atoms with van der Waals surface area (Å²) in [6.45, 7) is 6.15. The molecule has 156 valence electrons. The van der Waals surface area contributed by atoms with Gasteiger partial charge < -0.3 is 5.32 Å². The number of carbonyl (C=O) groups is 1. The lowest BCUT2D eigenvalue weighted by molar-refractivity contribution is -0.115. The summed E-state index contributed by atoms with van der Waals surface area (Å²) < 4.78 is 1.01. The van der Waals surface area contributed by atoms with Gasteiger partial charge in [0.2, 0.25) is 5.91 Å². The van der Waals surface area contributed by atoms with Crippen molar-refractivity contribution in [1.29, 1.82) is 0 Å². The number of amides is 1. The number of benzene rings is 2. The molecule has 1 amide bonds. The second-order valence-electron chi connectivity index (χ2n) is 7.90. The molecule has 0 spiro atoms. The number of rotatable bonds is 6. The zero-order chi connectivity index (χ0) is 21.3. The lowest BCUT2D eigenvalue weighted by atomic mass is 10.0. The standard InChI is InChI=1S/C23H23BrClN3OS/c1-14(2)22-21-19(13-28(22)12-16-5-9-18(25)10-6-16)30-23(27-21)26-20(29)11-15-3-7-17(24)8-4-15/h3-10,14,22H,11-13H2,1-2H3,(H,26,27,29). The molecule has 2 aromatic carbocycles. The van der Waals surface area contributed by atoms with Crippen molar-refractivity contribution in [2.45, 2.75) is 39.4 Å². The van der Waals surface area contributed by atoms with Crippen LogP contribution in [0.2, 0.25) is 5.02 Å². The van der Waals surface area contributed by atoms with E-state index in [4.69, 9.17) is 16.6 Å². The maximum absolute atomic E-state index is 12.5. The summed E-state index contributed by atoms with van der Waals surface area (Å²) in [5, 5.41) is 4.44. The molecule has 1 aromatic heterocycles. The van der Waals surface area contributed by atoms with Crippen LogP contribution in [0.3, 0.4) is 0 Å². The Morgan fingerprint density at radius 2 is 1.87 bits per heavy atom. The largest absolute Gasteiger partial charge is 0.302 e. The second kappa shape index (κ2) is 9.18. The minimum absolute atomic E-state index is 0.0381. The third-order valence-electron chi connectivity index (χ3n) is 5.20. The quantitative estimate of drug-likeness (QED) is 0.419. The van der Waals surface area contributed by atoms with Gasteiger partial charge in [0.25, 0.3) is 0 Å². The van der Waals surface area contributed by atoms with Crippen molar-refractivity contribution in [2.24, 2.45) is 5.92 Å². The van der Waals surface area contributed by atoms with E-state index in [0.29, 0.717) is 17.5 Å². The first-order valence-electron chi connectivity index (χ1n) is 9.91. The van der Waals surface area contributed by atoms with Gasteiger partial charge >= 0.3 is 0 Å². The van der Waals surface area contributed by atoms with E-state index >= 15 is 0 Å². The Hall–Kier alpha value is -1.73. The highest BCUT2D eigenvalue weighted by molar-refractivity contribution is 9.10. The Morgan fingerprint density at radius 3 is 2.53 bits per heavy atom. The van der Waals surface area contributed by atoms with Crippen molar-refractivity contribution in [3.63, 3.8) is 0 Å². The fourth-order valence-electron chi connectivity index (χ4n) is 3.88. The van der Waals surface area contributed by atoms with Crippen LogP contribution in [-0.2, 0) is 24.3 Å². The molecule has 2 heterocycles. The molecule has 0 fully saturated rings. The Morgan fingerprint density at radius 1 is 1.20 bits per heavy atom. The lowest BCUT2D eigenvalue weighted by Gasteiger charge is -2.27. The van der Waals surface area contributed by atoms with Gasteiger partial charge in [-0.15, -0.1) is 11.3 Å². The molecule has 0 radical (unpaired) electrons. The first-order valence-corrected chi connectivity index (χ1v) is 11.9. The molecular formula is C23H23BrClN3OS. The Kier molecular flexibility index (Phi) is 6.58. The molecule has 1 unspecified atom stereocenters. The molecule has 4 nitrogen and oxygen atoms in total. The van der Waals surface area contributed by atoms with Gasteiger partial charge in [-0.05, 0) is 41.3 Å². The number of carbonyl (C=O) groups excluding carboxylic acids is 1. The average Bonchev–Trinajstić information content (AvgIpc) is 3.21. The van der Waals surface area contributed by atoms with Gasteiger partial charge in [-0.25, -0.2) is 4.98 Å². The van der Waals surface area contributed by atoms with Gasteiger partial charge in [-0.2, -0.15) is 0 Å². The lowest BCUT2D eigenvalue weighted by Crippen LogP contribution is -2.26. The highest BCUT2D eigenvalue weighted by atomic mass is 79.9. The van der Waals surface area contributed by atoms with Crippen LogP contribution >= 0.6 is 38.9 Å². The molecule has 3 aromatic rings. The summed E-state index contributed by atoms with van der Waals surface area (Å²) in [6, 6.07) is 16.1. The number of anilines is 1. The highest BCUT2D eigenvalue weighted by Crippen LogP contribution is 2.43. The number of nitrogens with zero attached hydrogens (tertiary/aromatic N) is 2. The van der Waals surface area contributed by atoms with Crippen LogP contribution in [0.25, 0.3) is 0 Å². The summed E-state index contributed by atoms with van der Waals surface area (Å²) in [6.07, 6.45) is 0.341. The molecule has 0 saturated heterocycles. The topological polar surface area (TPSA) is 45.2 Å². The summed E-state index contributed by atoms with van der Waals surface area (Å²) >= 11 is 11.0. The molecule has 1 aliphatic heterocycles. The monoisotopic (exact) mass is 503 g/mol. The van der Waals surface area contributed by atoms with Crippen LogP contribution in [0.1, 0.15) is 41.6 Å². The van der Waals surface area contributed by atoms with E-state index in [1.54, 1.807) is 11.3 Å². The minimum atomic E-state index is -0.0381. The zero-order valence-corrected chi connectivity index (χ0v) is 20.0. The van der Waals surface area contributed by atoms with Crippen molar-refractivity contribution in [1.82, 2.24) is 9.88 Å². The van der Waals surface area contributed by atoms with Crippen LogP contribution in [-0.4, -0.2) is 15.8 Å². The van der Waals surface area contributed by atoms with Gasteiger partial charge in [-0.3, -0.25) is 9.69 Å². The number of nitrogens with one attached hydrogen (secondary N) is 1. The van der Waals surface area contributed by atoms with Crippen molar-refractivity contribution < 1.29 is 4.79 Å². The van der Waals surface area contributed by atoms with Crippen LogP contribution in [0.15, 0.2) is 53.0 Å². The van der Waals surface area contributed by atoms with E-state index in [2.05, 4.69) is 52.1 Å². The molecule has 0 aliphatic carbocycles. The number of fused-ring (bicyclic) bond motifs is 1. The number of hydrogen-bond acceptors (Lipinski definition) is 4. The van der Waals surface area contributed by atoms with Gasteiger partial charge in [0.1, 0.15) is 0 Å². The first-order chi connectivity index (χ1) is 14.4. The smallest absolute Gasteiger partial charge is 0.230 e. The van der Waals surface area contributed by atoms with E-state index in [9.17, 15) is 4.79 Å². The van der Waals surface area contributed by atoms with Crippen LogP contribution in [0, 0.1) is 5.92 Å². The Balaban J connectivity index is 1.44. The van der Waals surface area contributed by atoms with E-state index in [1.165, 1.54) is 10.4 Å². The number of thiazole rings is 1. The third-order valence-corrected chi connectivity index (χ3v) is 6.95. The molecular weight excluding hydrogens is 482 g/mol. The zero-order valence-electron chi connectivity index (χ0n) is 16.9. The molecule has 0 bridgehead atoms. The van der Waals surface area contributed by atoms with Gasteiger partial charge in [0.05, 0.1) is 18.2 Å². The van der Waals surface area contributed by atoms with Gasteiger partial charge in [-0.1, -0.05) is 65.6 Å². The first kappa shape index (κ1) is 21.5. The summed E-state index contributed by atoms with van der Waals surface area (Å²) in [5.41, 5.74) is 3.32. The molecule has 1 aliphatic rings. The maximum Gasteiger partial charge on any atom is 0.230 e. The molecule has 30 heavy (non-hydrogen) atoms. The van der Waals surface area contributed by atoms with Crippen LogP contribution in [0.4, 0.5) is 5.13 Å². The summed E-state index contributed by atoms with van der Waals surface area (Å²) in [5.74, 6) is 0.385. The number of aromatic nitrogens is 1. The van der Waals surface area contributed by atoms with E-state index in [0.717, 1.165) is 33.8 Å². The average molecular weight is 505 g/mol. The fraction of sp³-hybridized carbons (Fsp3) is 0.304. The summed E-state index contributed by atoms with van der Waals surface area (Å²) in [4.78, 5) is 21.0. The maximum atomic E-state index is 12.5. The number of halogens is 2. The molecule has 0 saturated carbocycles. The molecule has 4 rings (SSSR count). The summed E-state index contributed by atoms with van der Waals surface area (Å²) in [7, 11) is 0. The Labute approximate surface area is 194 Å². The van der Waals surface area contributed by atoms with E-state index in [-0.39, 0.29) is 11.9 Å². The van der Waals surface area contributed by atoms with Gasteiger partial charge in [0.15, 0.2) is 5.13 Å². The normalized spacial score (nSPS) is 16.1. The van der Waals surface area contributed by atoms with Crippen molar-refractivity contribution in [3.05, 3.63) is 79.7 Å². The highest BCUT2D eigenvalue weighted by Gasteiger charge is 2.36. The second-order valence-corrected chi connectivity index (χ2v) is 10.3. The molecule has 1 N–H and O–H groups in total. The van der Waals surface area contributed by atoms with Crippen molar-refractivity contribution in [2.75, 3.05) is 5.32 Å². The van der Waals surface area contributed by atoms with Crippen LogP contribution < -0.4 is 5.32 Å². The van der Waals surface area contributed by atoms with Crippen LogP contribution in [0.5, 0.6) is 0 Å². The Bertz CT molecular complexity index is 1030. The van der Waals surface area contributed by atoms with Crippen molar-refractivity contribution in [3.8, 4) is 0 Å². The fourth-order valence-corrected chi connectivity index (χ4v) is 5.32. The third kappa shape index (κ3) is 4.94. The minimum Gasteiger partial charge on any atom is -0.302 e. The SMILES string of the molecule is CC(C)C1c2nc(NC(=O)Cc3ccc(Br)cc3)sc2CN1Cc1ccc(Cl)cc1. The van der Waals surface area contributed by atoms with Crippen molar-refractivity contribution >= 4 is 49.9 Å².